The third-order valence-electron chi connectivity index (χ3n) is 1.86. The van der Waals surface area contributed by atoms with Gasteiger partial charge in [0.15, 0.2) is 11.5 Å². The van der Waals surface area contributed by atoms with E-state index in [4.69, 9.17) is 33.1 Å². The molecule has 4 nitrogen and oxygen atoms in total. The molecule has 88 valence electrons. The van der Waals surface area contributed by atoms with Gasteiger partial charge >= 0.3 is 29.6 Å². The molecule has 0 radical (unpaired) electrons. The number of aryl methyl sites for hydroxylation is 1. The Kier molecular flexibility index (Phi) is 7.33. The second-order valence-corrected chi connectivity index (χ2v) is 7.92. The molecule has 1 rings (SSSR count). The first-order valence-corrected chi connectivity index (χ1v) is 7.94. The molecule has 1 unspecified atom stereocenters. The molecule has 17 heavy (non-hydrogen) atoms. The number of aromatic hydroxyl groups is 1. The smallest absolute Gasteiger partial charge is 0.678 e. The van der Waals surface area contributed by atoms with E-state index >= 15 is 0 Å². The summed E-state index contributed by atoms with van der Waals surface area (Å²) in [6, 6.07) is 0. The zero-order valence-corrected chi connectivity index (χ0v) is 14.4. The van der Waals surface area contributed by atoms with E-state index in [9.17, 15) is 5.11 Å². The number of hydrogen-bond acceptors (Lipinski definition) is 6. The third-order valence-corrected chi connectivity index (χ3v) is 4.06. The van der Waals surface area contributed by atoms with Crippen molar-refractivity contribution in [3.8, 4) is 11.5 Å². The molecule has 0 aliphatic rings. The van der Waals surface area contributed by atoms with Crippen molar-refractivity contribution in [2.24, 2.45) is 0 Å². The zero-order valence-electron chi connectivity index (χ0n) is 9.84. The van der Waals surface area contributed by atoms with Crippen molar-refractivity contribution in [3.05, 3.63) is 24.0 Å². The number of nitrogens with zero attached hydrogens (tertiary/aromatic N) is 1. The van der Waals surface area contributed by atoms with Gasteiger partial charge in [0, 0.05) is 18.9 Å². The molecular weight excluding hydrogens is 288 g/mol. The van der Waals surface area contributed by atoms with E-state index in [2.05, 4.69) is 11.6 Å². The van der Waals surface area contributed by atoms with E-state index in [-0.39, 0.29) is 41.1 Å². The molecule has 1 aromatic rings. The molecule has 1 atom stereocenters. The first-order chi connectivity index (χ1) is 7.41. The van der Waals surface area contributed by atoms with E-state index in [0.29, 0.717) is 11.3 Å². The Hall–Kier alpha value is 0.450. The van der Waals surface area contributed by atoms with Crippen LogP contribution in [0.5, 0.6) is 11.5 Å². The minimum Gasteiger partial charge on any atom is -0.678 e. The van der Waals surface area contributed by atoms with Gasteiger partial charge in [0.05, 0.1) is 5.69 Å². The Morgan fingerprint density at radius 2 is 2.24 bits per heavy atom. The average molecular weight is 299 g/mol. The Bertz CT molecular complexity index is 470. The van der Waals surface area contributed by atoms with Gasteiger partial charge in [0.1, 0.15) is 5.69 Å². The molecule has 1 N–H and O–H groups in total. The predicted molar refractivity (Wildman–Crippen MR) is 70.0 cm³/mol. The van der Waals surface area contributed by atoms with Crippen molar-refractivity contribution < 1.29 is 43.7 Å². The summed E-state index contributed by atoms with van der Waals surface area (Å²) < 4.78 is 10.2. The predicted octanol–water partition coefficient (Wildman–Crippen LogP) is -0.461. The Morgan fingerprint density at radius 3 is 2.71 bits per heavy atom. The average Bonchev–Trinajstić information content (AvgIpc) is 2.25. The second-order valence-electron chi connectivity index (χ2n) is 2.90. The van der Waals surface area contributed by atoms with E-state index in [1.165, 1.54) is 19.4 Å². The number of hydrogen-bond donors (Lipinski definition) is 1. The molecule has 0 aliphatic carbocycles. The molecule has 0 amide bonds. The van der Waals surface area contributed by atoms with Crippen LogP contribution in [0.4, 0.5) is 0 Å². The molecule has 0 aliphatic heterocycles. The molecule has 0 aromatic carbocycles. The van der Waals surface area contributed by atoms with Crippen molar-refractivity contribution in [3.63, 3.8) is 0 Å². The Balaban J connectivity index is 0.00000256. The van der Waals surface area contributed by atoms with Gasteiger partial charge < -0.3 is 26.4 Å². The summed E-state index contributed by atoms with van der Waals surface area (Å²) in [7, 11) is 1.38. The van der Waals surface area contributed by atoms with Crippen LogP contribution in [0.25, 0.3) is 6.08 Å². The van der Waals surface area contributed by atoms with Gasteiger partial charge in [0.25, 0.3) is 0 Å². The van der Waals surface area contributed by atoms with Crippen LogP contribution in [0.3, 0.4) is 0 Å². The molecule has 0 bridgehead atoms. The summed E-state index contributed by atoms with van der Waals surface area (Å²) in [6.45, 7) is 5.24. The van der Waals surface area contributed by atoms with Crippen LogP contribution in [-0.2, 0) is 28.6 Å². The van der Waals surface area contributed by atoms with E-state index in [1.807, 2.05) is 0 Å². The van der Waals surface area contributed by atoms with Crippen molar-refractivity contribution >= 4 is 35.8 Å². The van der Waals surface area contributed by atoms with Crippen LogP contribution in [0.2, 0.25) is 0 Å². The van der Waals surface area contributed by atoms with Gasteiger partial charge in [-0.2, -0.15) is 0 Å². The van der Waals surface area contributed by atoms with Gasteiger partial charge in [-0.05, 0) is 6.92 Å². The maximum atomic E-state index is 9.80. The van der Waals surface area contributed by atoms with Crippen LogP contribution in [-0.4, -0.2) is 17.2 Å². The summed E-state index contributed by atoms with van der Waals surface area (Å²) in [6.07, 6.45) is 3.03. The van der Waals surface area contributed by atoms with Crippen molar-refractivity contribution in [2.75, 3.05) is 7.11 Å². The molecule has 8 heteroatoms. The van der Waals surface area contributed by atoms with E-state index < -0.39 is 5.69 Å². The molecule has 1 aromatic heterocycles. The van der Waals surface area contributed by atoms with Crippen LogP contribution in [0.1, 0.15) is 11.3 Å². The molecule has 0 fully saturated rings. The van der Waals surface area contributed by atoms with Crippen molar-refractivity contribution in [1.82, 2.24) is 4.98 Å². The van der Waals surface area contributed by atoms with Gasteiger partial charge in [0.2, 0.25) is 0 Å². The summed E-state index contributed by atoms with van der Waals surface area (Å²) >= 11 is 9.91. The fourth-order valence-electron chi connectivity index (χ4n) is 0.978. The topological polar surface area (TPSA) is 51.6 Å². The SMILES string of the molecule is C=Cc1cnc(C)c(O)c1OP(=S)([S-])OC.[Na+]. The summed E-state index contributed by atoms with van der Waals surface area (Å²) in [4.78, 5) is 3.97. The zero-order chi connectivity index (χ0) is 12.3. The minimum atomic E-state index is -2.80. The first kappa shape index (κ1) is 17.4. The maximum absolute atomic E-state index is 9.80. The van der Waals surface area contributed by atoms with Gasteiger partial charge in [-0.15, -0.1) is 0 Å². The first-order valence-electron chi connectivity index (χ1n) is 4.28. The quantitative estimate of drug-likeness (QED) is 0.461. The molecular formula is C9H11NNaO3PS2. The fourth-order valence-corrected chi connectivity index (χ4v) is 1.91. The van der Waals surface area contributed by atoms with E-state index in [1.54, 1.807) is 6.92 Å². The summed E-state index contributed by atoms with van der Waals surface area (Å²) in [5.41, 5.74) is -1.84. The summed E-state index contributed by atoms with van der Waals surface area (Å²) in [5, 5.41) is 9.80. The third kappa shape index (κ3) is 4.56. The molecule has 0 saturated heterocycles. The largest absolute Gasteiger partial charge is 1.00 e. The van der Waals surface area contributed by atoms with Gasteiger partial charge in [-0.1, -0.05) is 24.5 Å². The monoisotopic (exact) mass is 299 g/mol. The number of rotatable bonds is 4. The van der Waals surface area contributed by atoms with Crippen molar-refractivity contribution in [2.45, 2.75) is 6.92 Å². The van der Waals surface area contributed by atoms with E-state index in [0.717, 1.165) is 0 Å². The Morgan fingerprint density at radius 1 is 1.65 bits per heavy atom. The van der Waals surface area contributed by atoms with Crippen LogP contribution in [0.15, 0.2) is 12.8 Å². The number of aromatic nitrogens is 1. The van der Waals surface area contributed by atoms with Crippen LogP contribution < -0.4 is 34.1 Å². The minimum absolute atomic E-state index is 0. The normalized spacial score (nSPS) is 13.4. The van der Waals surface area contributed by atoms with Gasteiger partial charge in [-0.25, -0.2) is 0 Å². The fraction of sp³-hybridized carbons (Fsp3) is 0.222. The van der Waals surface area contributed by atoms with Crippen LogP contribution in [0, 0.1) is 6.92 Å². The standard InChI is InChI=1S/C9H12NO3PS2.Na/c1-4-7-5-10-6(2)8(11)9(7)13-14(15,16)12-3;/h4-5,11H,1H2,2-3H3,(H,15,16);/q;+1/p-1. The van der Waals surface area contributed by atoms with Crippen LogP contribution >= 0.6 is 5.69 Å². The Labute approximate surface area is 133 Å². The molecule has 0 spiro atoms. The maximum Gasteiger partial charge on any atom is 1.00 e. The summed E-state index contributed by atoms with van der Waals surface area (Å²) in [5.74, 6) is 0.0937. The molecule has 0 saturated carbocycles. The van der Waals surface area contributed by atoms with Crippen molar-refractivity contribution in [1.29, 1.82) is 0 Å². The molecule has 1 heterocycles. The number of pyridine rings is 1. The van der Waals surface area contributed by atoms with Gasteiger partial charge in [-0.3, -0.25) is 4.98 Å². The second kappa shape index (κ2) is 7.14.